The van der Waals surface area contributed by atoms with E-state index in [0.29, 0.717) is 5.75 Å². The molecule has 1 unspecified atom stereocenters. The molecule has 1 heterocycles. The number of halogens is 1. The Morgan fingerprint density at radius 1 is 1.10 bits per heavy atom. The lowest BCUT2D eigenvalue weighted by atomic mass is 9.99. The molecule has 2 rings (SSSR count). The first-order valence-corrected chi connectivity index (χ1v) is 6.82. The Kier molecular flexibility index (Phi) is 4.81. The third kappa shape index (κ3) is 3.20. The fourth-order valence-corrected chi connectivity index (χ4v) is 2.16. The highest BCUT2D eigenvalue weighted by atomic mass is 127. The molecule has 1 aliphatic rings. The zero-order chi connectivity index (χ0) is 14.9. The maximum absolute atomic E-state index is 10.9. The van der Waals surface area contributed by atoms with E-state index in [1.165, 1.54) is 0 Å². The molecule has 0 aromatic heterocycles. The average Bonchev–Trinajstić information content (AvgIpc) is 2.41. The highest BCUT2D eigenvalue weighted by Gasteiger charge is 2.48. The van der Waals surface area contributed by atoms with E-state index >= 15 is 0 Å². The lowest BCUT2D eigenvalue weighted by molar-refractivity contribution is -0.271. The summed E-state index contributed by atoms with van der Waals surface area (Å²) in [5.74, 6) is -1.10. The normalized spacial score (nSPS) is 33.7. The van der Waals surface area contributed by atoms with E-state index < -0.39 is 36.7 Å². The van der Waals surface area contributed by atoms with Crippen molar-refractivity contribution in [3.63, 3.8) is 0 Å². The van der Waals surface area contributed by atoms with Gasteiger partial charge in [-0.05, 0) is 46.9 Å². The molecule has 5 atom stereocenters. The van der Waals surface area contributed by atoms with Crippen LogP contribution in [0.5, 0.6) is 5.75 Å². The molecule has 0 bridgehead atoms. The van der Waals surface area contributed by atoms with Crippen LogP contribution < -0.4 is 4.74 Å². The molecule has 1 aromatic rings. The van der Waals surface area contributed by atoms with Gasteiger partial charge in [-0.15, -0.1) is 0 Å². The van der Waals surface area contributed by atoms with Crippen LogP contribution in [-0.4, -0.2) is 57.1 Å². The monoisotopic (exact) mass is 396 g/mol. The van der Waals surface area contributed by atoms with Crippen LogP contribution >= 0.6 is 22.6 Å². The number of ether oxygens (including phenoxy) is 2. The van der Waals surface area contributed by atoms with Crippen LogP contribution in [0.15, 0.2) is 24.3 Å². The molecule has 8 heteroatoms. The zero-order valence-electron chi connectivity index (χ0n) is 10.1. The molecule has 7 nitrogen and oxygen atoms in total. The number of carbonyl (C=O) groups is 1. The molecule has 1 saturated heterocycles. The minimum atomic E-state index is -1.72. The van der Waals surface area contributed by atoms with Gasteiger partial charge in [0.1, 0.15) is 24.1 Å². The van der Waals surface area contributed by atoms with Crippen molar-refractivity contribution in [2.24, 2.45) is 0 Å². The number of hydrogen-bond acceptors (Lipinski definition) is 6. The zero-order valence-corrected chi connectivity index (χ0v) is 12.2. The Balaban J connectivity index is 2.13. The first-order chi connectivity index (χ1) is 9.40. The van der Waals surface area contributed by atoms with Crippen LogP contribution in [0.1, 0.15) is 0 Å². The van der Waals surface area contributed by atoms with Crippen molar-refractivity contribution < 1.29 is 34.7 Å². The first-order valence-electron chi connectivity index (χ1n) is 5.75. The molecule has 1 aliphatic heterocycles. The van der Waals surface area contributed by atoms with Gasteiger partial charge in [0.25, 0.3) is 0 Å². The van der Waals surface area contributed by atoms with Crippen LogP contribution in [0.4, 0.5) is 0 Å². The molecular formula is C12H13IO7. The molecule has 4 N–H and O–H groups in total. The van der Waals surface area contributed by atoms with Crippen LogP contribution in [0.25, 0.3) is 0 Å². The van der Waals surface area contributed by atoms with Crippen molar-refractivity contribution in [2.75, 3.05) is 0 Å². The number of hydrogen-bond donors (Lipinski definition) is 4. The standard InChI is InChI=1S/C12H13IO7/c13-5-1-3-6(4-2-5)19-12-9(16)7(14)8(15)10(20-12)11(17)18/h1-4,7-10,12,14-16H,(H,17,18)/t7-,8-,9+,10-,12?/m0/s1. The quantitative estimate of drug-likeness (QED) is 0.512. The number of aliphatic carboxylic acids is 1. The Hall–Kier alpha value is -0.940. The molecule has 20 heavy (non-hydrogen) atoms. The van der Waals surface area contributed by atoms with Gasteiger partial charge >= 0.3 is 5.97 Å². The van der Waals surface area contributed by atoms with Gasteiger partial charge in [0.05, 0.1) is 0 Å². The third-order valence-electron chi connectivity index (χ3n) is 2.88. The van der Waals surface area contributed by atoms with Crippen LogP contribution in [-0.2, 0) is 9.53 Å². The predicted molar refractivity (Wildman–Crippen MR) is 74.1 cm³/mol. The van der Waals surface area contributed by atoms with Gasteiger partial charge in [-0.3, -0.25) is 0 Å². The van der Waals surface area contributed by atoms with Gasteiger partial charge in [0, 0.05) is 3.57 Å². The topological polar surface area (TPSA) is 116 Å². The maximum atomic E-state index is 10.9. The number of carboxylic acid groups (broad SMARTS) is 1. The average molecular weight is 396 g/mol. The van der Waals surface area contributed by atoms with Crippen molar-refractivity contribution in [1.82, 2.24) is 0 Å². The van der Waals surface area contributed by atoms with Crippen molar-refractivity contribution in [3.8, 4) is 5.75 Å². The van der Waals surface area contributed by atoms with E-state index in [9.17, 15) is 20.1 Å². The van der Waals surface area contributed by atoms with E-state index in [-0.39, 0.29) is 0 Å². The van der Waals surface area contributed by atoms with Crippen LogP contribution in [0.3, 0.4) is 0 Å². The molecule has 0 saturated carbocycles. The van der Waals surface area contributed by atoms with E-state index in [1.54, 1.807) is 24.3 Å². The Bertz CT molecular complexity index is 477. The molecule has 0 aliphatic carbocycles. The maximum Gasteiger partial charge on any atom is 0.335 e. The molecule has 1 aromatic carbocycles. The SMILES string of the molecule is O=C(O)[C@H]1OC(Oc2ccc(I)cc2)[C@H](O)[C@@H](O)[C@@H]1O. The van der Waals surface area contributed by atoms with Crippen LogP contribution in [0.2, 0.25) is 0 Å². The van der Waals surface area contributed by atoms with Gasteiger partial charge < -0.3 is 29.9 Å². The van der Waals surface area contributed by atoms with E-state index in [2.05, 4.69) is 22.6 Å². The fourth-order valence-electron chi connectivity index (χ4n) is 1.80. The summed E-state index contributed by atoms with van der Waals surface area (Å²) in [4.78, 5) is 10.9. The van der Waals surface area contributed by atoms with Gasteiger partial charge in [-0.25, -0.2) is 4.79 Å². The summed E-state index contributed by atoms with van der Waals surface area (Å²) in [7, 11) is 0. The number of aliphatic hydroxyl groups excluding tert-OH is 3. The number of aliphatic hydroxyl groups is 3. The molecule has 110 valence electrons. The summed E-state index contributed by atoms with van der Waals surface area (Å²) < 4.78 is 11.3. The fraction of sp³-hybridized carbons (Fsp3) is 0.417. The summed E-state index contributed by atoms with van der Waals surface area (Å²) >= 11 is 2.10. The summed E-state index contributed by atoms with van der Waals surface area (Å²) in [5.41, 5.74) is 0. The summed E-state index contributed by atoms with van der Waals surface area (Å²) in [6.07, 6.45) is -7.99. The Morgan fingerprint density at radius 3 is 2.25 bits per heavy atom. The second-order valence-corrected chi connectivity index (χ2v) is 5.55. The van der Waals surface area contributed by atoms with Crippen molar-refractivity contribution in [3.05, 3.63) is 27.8 Å². The lowest BCUT2D eigenvalue weighted by Gasteiger charge is -2.38. The minimum absolute atomic E-state index is 0.349. The highest BCUT2D eigenvalue weighted by molar-refractivity contribution is 14.1. The number of rotatable bonds is 3. The number of carboxylic acids is 1. The lowest BCUT2D eigenvalue weighted by Crippen LogP contribution is -2.61. The van der Waals surface area contributed by atoms with Gasteiger partial charge in [-0.2, -0.15) is 0 Å². The van der Waals surface area contributed by atoms with E-state index in [0.717, 1.165) is 3.57 Å². The second kappa shape index (κ2) is 6.22. The van der Waals surface area contributed by atoms with Crippen molar-refractivity contribution in [1.29, 1.82) is 0 Å². The minimum Gasteiger partial charge on any atom is -0.479 e. The third-order valence-corrected chi connectivity index (χ3v) is 3.60. The molecule has 0 amide bonds. The second-order valence-electron chi connectivity index (χ2n) is 4.31. The van der Waals surface area contributed by atoms with Gasteiger partial charge in [0.2, 0.25) is 6.29 Å². The van der Waals surface area contributed by atoms with Crippen molar-refractivity contribution >= 4 is 28.6 Å². The first kappa shape index (κ1) is 15.4. The Labute approximate surface area is 127 Å². The Morgan fingerprint density at radius 2 is 1.70 bits per heavy atom. The molecule has 0 spiro atoms. The van der Waals surface area contributed by atoms with Crippen LogP contribution in [0, 0.1) is 3.57 Å². The number of benzene rings is 1. The van der Waals surface area contributed by atoms with Gasteiger partial charge in [0.15, 0.2) is 6.10 Å². The smallest absolute Gasteiger partial charge is 0.335 e. The summed E-state index contributed by atoms with van der Waals surface area (Å²) in [6.45, 7) is 0. The molecular weight excluding hydrogens is 383 g/mol. The van der Waals surface area contributed by atoms with E-state index in [4.69, 9.17) is 14.6 Å². The molecule has 1 fully saturated rings. The van der Waals surface area contributed by atoms with E-state index in [1.807, 2.05) is 0 Å². The molecule has 0 radical (unpaired) electrons. The van der Waals surface area contributed by atoms with Crippen molar-refractivity contribution in [2.45, 2.75) is 30.7 Å². The summed E-state index contributed by atoms with van der Waals surface area (Å²) in [6, 6.07) is 6.74. The predicted octanol–water partition coefficient (Wildman–Crippen LogP) is -0.438. The largest absolute Gasteiger partial charge is 0.479 e. The van der Waals surface area contributed by atoms with Gasteiger partial charge in [-0.1, -0.05) is 0 Å². The highest BCUT2D eigenvalue weighted by Crippen LogP contribution is 2.24. The summed E-state index contributed by atoms with van der Waals surface area (Å²) in [5, 5.41) is 37.8.